The Kier molecular flexibility index (Phi) is 2.64. The van der Waals surface area contributed by atoms with Crippen LogP contribution in [0.3, 0.4) is 0 Å². The van der Waals surface area contributed by atoms with Crippen molar-refractivity contribution in [3.05, 3.63) is 23.8 Å². The molecule has 13 heavy (non-hydrogen) atoms. The molecule has 0 aliphatic rings. The predicted octanol–water partition coefficient (Wildman–Crippen LogP) is -0.595. The Labute approximate surface area is 76.3 Å². The summed E-state index contributed by atoms with van der Waals surface area (Å²) in [6, 6.07) is 5.14. The molecule has 0 aromatic heterocycles. The second-order valence-electron chi connectivity index (χ2n) is 2.69. The van der Waals surface area contributed by atoms with Gasteiger partial charge in [0.15, 0.2) is 6.21 Å². The van der Waals surface area contributed by atoms with Crippen LogP contribution in [-0.2, 0) is 4.79 Å². The average molecular weight is 178 g/mol. The van der Waals surface area contributed by atoms with E-state index in [1.165, 1.54) is 13.1 Å². The average Bonchev–Trinajstić information content (AvgIpc) is 2.07. The van der Waals surface area contributed by atoms with Gasteiger partial charge < -0.3 is 11.1 Å². The largest absolute Gasteiger partial charge is 0.398 e. The number of rotatable bonds is 2. The number of amides is 1. The van der Waals surface area contributed by atoms with E-state index in [0.29, 0.717) is 16.9 Å². The maximum absolute atomic E-state index is 10.7. The number of carbonyl (C=O) groups excluding carboxylic acids is 1. The predicted molar refractivity (Wildman–Crippen MR) is 52.2 cm³/mol. The van der Waals surface area contributed by atoms with Crippen LogP contribution < -0.4 is 16.5 Å². The molecule has 0 bridgehead atoms. The second kappa shape index (κ2) is 3.71. The number of nitrogens with one attached hydrogen (secondary N) is 1. The minimum Gasteiger partial charge on any atom is -0.398 e. The smallest absolute Gasteiger partial charge is 0.221 e. The summed E-state index contributed by atoms with van der Waals surface area (Å²) < 4.78 is 0. The van der Waals surface area contributed by atoms with Crippen molar-refractivity contribution >= 4 is 23.5 Å². The molecule has 1 aromatic rings. The number of hydrogen-bond donors (Lipinski definition) is 3. The zero-order valence-electron chi connectivity index (χ0n) is 7.37. The van der Waals surface area contributed by atoms with E-state index in [9.17, 15) is 4.79 Å². The molecule has 68 valence electrons. The number of benzene rings is 1. The summed E-state index contributed by atoms with van der Waals surface area (Å²) in [6.45, 7) is 1.45. The van der Waals surface area contributed by atoms with Gasteiger partial charge in [-0.2, -0.15) is 0 Å². The highest BCUT2D eigenvalue weighted by atomic mass is 16.1. The molecule has 4 heteroatoms. The Morgan fingerprint density at radius 1 is 1.62 bits per heavy atom. The van der Waals surface area contributed by atoms with Crippen molar-refractivity contribution in [1.82, 2.24) is 0 Å². The molecule has 0 heterocycles. The standard InChI is InChI=1S/C9H11N3O/c1-6(13)12-8-2-3-9(11)7(4-8)5-10/h2-5,10H,11H2,1H3,(H,12,13)/p+1. The summed E-state index contributed by atoms with van der Waals surface area (Å²) in [6.07, 6.45) is 1.40. The highest BCUT2D eigenvalue weighted by molar-refractivity contribution is 5.91. The number of carbonyl (C=O) groups is 1. The molecule has 4 nitrogen and oxygen atoms in total. The first-order valence-corrected chi connectivity index (χ1v) is 3.85. The van der Waals surface area contributed by atoms with Crippen molar-refractivity contribution < 1.29 is 10.2 Å². The van der Waals surface area contributed by atoms with Gasteiger partial charge in [0, 0.05) is 18.3 Å². The molecule has 0 aliphatic carbocycles. The lowest BCUT2D eigenvalue weighted by molar-refractivity contribution is -0.114. The fourth-order valence-electron chi connectivity index (χ4n) is 1.00. The quantitative estimate of drug-likeness (QED) is 0.418. The van der Waals surface area contributed by atoms with Gasteiger partial charge in [0.1, 0.15) is 0 Å². The molecule has 5 N–H and O–H groups in total. The number of nitrogen functional groups attached to an aromatic ring is 1. The van der Waals surface area contributed by atoms with Gasteiger partial charge in [-0.3, -0.25) is 10.2 Å². The highest BCUT2D eigenvalue weighted by Gasteiger charge is 2.01. The Morgan fingerprint density at radius 3 is 2.85 bits per heavy atom. The molecular weight excluding hydrogens is 166 g/mol. The fraction of sp³-hybridized carbons (Fsp3) is 0.111. The molecule has 0 unspecified atom stereocenters. The third-order valence-electron chi connectivity index (χ3n) is 1.59. The summed E-state index contributed by atoms with van der Waals surface area (Å²) in [5.41, 5.74) is 7.61. The molecular formula is C9H12N3O+. The van der Waals surface area contributed by atoms with Gasteiger partial charge in [0.2, 0.25) is 5.91 Å². The van der Waals surface area contributed by atoms with Crippen molar-refractivity contribution in [2.45, 2.75) is 6.92 Å². The van der Waals surface area contributed by atoms with Crippen LogP contribution in [0, 0.1) is 0 Å². The minimum atomic E-state index is -0.118. The molecule has 1 aromatic carbocycles. The first kappa shape index (κ1) is 9.25. The number of anilines is 2. The molecule has 0 atom stereocenters. The van der Waals surface area contributed by atoms with Crippen LogP contribution in [-0.4, -0.2) is 12.1 Å². The lowest BCUT2D eigenvalue weighted by Gasteiger charge is -2.03. The SMILES string of the molecule is CC(=O)Nc1ccc(N)c(C=[NH2+])c1. The normalized spacial score (nSPS) is 9.31. The van der Waals surface area contributed by atoms with Crippen molar-refractivity contribution in [2.24, 2.45) is 0 Å². The lowest BCUT2D eigenvalue weighted by Crippen LogP contribution is -2.30. The summed E-state index contributed by atoms with van der Waals surface area (Å²) in [5.74, 6) is -0.118. The molecule has 0 saturated carbocycles. The monoisotopic (exact) mass is 178 g/mol. The summed E-state index contributed by atoms with van der Waals surface area (Å²) >= 11 is 0. The molecule has 1 amide bonds. The van der Waals surface area contributed by atoms with E-state index in [0.717, 1.165) is 0 Å². The van der Waals surface area contributed by atoms with Crippen LogP contribution in [0.1, 0.15) is 12.5 Å². The Hall–Kier alpha value is -1.84. The van der Waals surface area contributed by atoms with E-state index in [2.05, 4.69) is 5.32 Å². The number of hydrogen-bond acceptors (Lipinski definition) is 2. The van der Waals surface area contributed by atoms with E-state index in [4.69, 9.17) is 11.1 Å². The zero-order valence-corrected chi connectivity index (χ0v) is 7.37. The van der Waals surface area contributed by atoms with E-state index < -0.39 is 0 Å². The summed E-state index contributed by atoms with van der Waals surface area (Å²) in [5, 5.41) is 7.97. The van der Waals surface area contributed by atoms with E-state index >= 15 is 0 Å². The third kappa shape index (κ3) is 2.30. The van der Waals surface area contributed by atoms with Gasteiger partial charge in [-0.1, -0.05) is 0 Å². The second-order valence-corrected chi connectivity index (χ2v) is 2.69. The van der Waals surface area contributed by atoms with Crippen LogP contribution in [0.4, 0.5) is 11.4 Å². The summed E-state index contributed by atoms with van der Waals surface area (Å²) in [7, 11) is 0. The minimum absolute atomic E-state index is 0.118. The van der Waals surface area contributed by atoms with Crippen molar-refractivity contribution in [2.75, 3.05) is 11.1 Å². The third-order valence-corrected chi connectivity index (χ3v) is 1.59. The van der Waals surface area contributed by atoms with Crippen LogP contribution in [0.25, 0.3) is 0 Å². The van der Waals surface area contributed by atoms with Gasteiger partial charge in [-0.05, 0) is 18.2 Å². The Morgan fingerprint density at radius 2 is 2.31 bits per heavy atom. The first-order chi connectivity index (χ1) is 6.13. The fourth-order valence-corrected chi connectivity index (χ4v) is 1.00. The van der Waals surface area contributed by atoms with Gasteiger partial charge >= 0.3 is 0 Å². The molecule has 0 spiro atoms. The molecule has 1 rings (SSSR count). The van der Waals surface area contributed by atoms with Crippen molar-refractivity contribution in [3.63, 3.8) is 0 Å². The topological polar surface area (TPSA) is 80.7 Å². The number of nitrogens with two attached hydrogens (primary N) is 2. The van der Waals surface area contributed by atoms with Crippen molar-refractivity contribution in [3.8, 4) is 0 Å². The van der Waals surface area contributed by atoms with E-state index in [1.807, 2.05) is 0 Å². The van der Waals surface area contributed by atoms with Crippen LogP contribution >= 0.6 is 0 Å². The van der Waals surface area contributed by atoms with E-state index in [-0.39, 0.29) is 5.91 Å². The van der Waals surface area contributed by atoms with Gasteiger partial charge in [0.25, 0.3) is 0 Å². The van der Waals surface area contributed by atoms with Gasteiger partial charge in [-0.25, -0.2) is 0 Å². The Bertz CT molecular complexity index is 347. The van der Waals surface area contributed by atoms with Crippen LogP contribution in [0.5, 0.6) is 0 Å². The molecule has 0 aliphatic heterocycles. The Balaban J connectivity index is 2.99. The maximum Gasteiger partial charge on any atom is 0.221 e. The molecule has 0 radical (unpaired) electrons. The molecule has 0 saturated heterocycles. The summed E-state index contributed by atoms with van der Waals surface area (Å²) in [4.78, 5) is 10.7. The maximum atomic E-state index is 10.7. The van der Waals surface area contributed by atoms with Gasteiger partial charge in [0.05, 0.1) is 5.56 Å². The van der Waals surface area contributed by atoms with E-state index in [1.54, 1.807) is 18.2 Å². The van der Waals surface area contributed by atoms with Gasteiger partial charge in [-0.15, -0.1) is 0 Å². The van der Waals surface area contributed by atoms with Crippen LogP contribution in [0.15, 0.2) is 18.2 Å². The lowest BCUT2D eigenvalue weighted by atomic mass is 10.2. The highest BCUT2D eigenvalue weighted by Crippen LogP contribution is 2.15. The van der Waals surface area contributed by atoms with Crippen LogP contribution in [0.2, 0.25) is 0 Å². The zero-order chi connectivity index (χ0) is 9.84. The molecule has 0 fully saturated rings. The van der Waals surface area contributed by atoms with Crippen molar-refractivity contribution in [1.29, 1.82) is 0 Å². The first-order valence-electron chi connectivity index (χ1n) is 3.85.